The Balaban J connectivity index is 2.17. The number of carboxylic acid groups (broad SMARTS) is 1. The van der Waals surface area contributed by atoms with Crippen LogP contribution in [0.15, 0.2) is 22.7 Å². The van der Waals surface area contributed by atoms with Crippen molar-refractivity contribution >= 4 is 33.5 Å². The predicted octanol–water partition coefficient (Wildman–Crippen LogP) is 1.97. The molecule has 3 N–H and O–H groups in total. The summed E-state index contributed by atoms with van der Waals surface area (Å²) in [5, 5.41) is 9.03. The average Bonchev–Trinajstić information content (AvgIpc) is 2.38. The number of nitrogens with zero attached hydrogens (tertiary/aromatic N) is 1. The van der Waals surface area contributed by atoms with Crippen LogP contribution in [-0.4, -0.2) is 35.0 Å². The van der Waals surface area contributed by atoms with Gasteiger partial charge in [0.2, 0.25) is 0 Å². The Kier molecular flexibility index (Phi) is 4.09. The highest BCUT2D eigenvalue weighted by Gasteiger charge is 2.29. The lowest BCUT2D eigenvalue weighted by molar-refractivity contribution is -0.143. The lowest BCUT2D eigenvalue weighted by Gasteiger charge is -2.31. The first-order valence-electron chi connectivity index (χ1n) is 6.06. The summed E-state index contributed by atoms with van der Waals surface area (Å²) in [5.41, 5.74) is 6.65. The summed E-state index contributed by atoms with van der Waals surface area (Å²) in [6, 6.07) is 5.08. The van der Waals surface area contributed by atoms with Gasteiger partial charge in [-0.3, -0.25) is 9.59 Å². The minimum absolute atomic E-state index is 0.198. The van der Waals surface area contributed by atoms with Crippen LogP contribution in [0.4, 0.5) is 5.69 Å². The Morgan fingerprint density at radius 2 is 2.16 bits per heavy atom. The van der Waals surface area contributed by atoms with Gasteiger partial charge in [0.1, 0.15) is 0 Å². The summed E-state index contributed by atoms with van der Waals surface area (Å²) in [6.45, 7) is 0.835. The fourth-order valence-electron chi connectivity index (χ4n) is 2.26. The summed E-state index contributed by atoms with van der Waals surface area (Å²) in [5.74, 6) is -1.52. The van der Waals surface area contributed by atoms with E-state index in [1.165, 1.54) is 0 Å². The Hall–Kier alpha value is -1.56. The zero-order valence-corrected chi connectivity index (χ0v) is 11.9. The van der Waals surface area contributed by atoms with Gasteiger partial charge < -0.3 is 15.7 Å². The molecule has 102 valence electrons. The van der Waals surface area contributed by atoms with Crippen LogP contribution in [-0.2, 0) is 4.79 Å². The van der Waals surface area contributed by atoms with Crippen LogP contribution < -0.4 is 5.73 Å². The zero-order valence-electron chi connectivity index (χ0n) is 10.3. The predicted molar refractivity (Wildman–Crippen MR) is 74.8 cm³/mol. The molecule has 1 saturated heterocycles. The maximum atomic E-state index is 12.3. The van der Waals surface area contributed by atoms with Gasteiger partial charge in [0, 0.05) is 23.2 Å². The first-order valence-corrected chi connectivity index (χ1v) is 6.85. The number of anilines is 1. The molecule has 0 bridgehead atoms. The van der Waals surface area contributed by atoms with Gasteiger partial charge >= 0.3 is 5.97 Å². The molecule has 5 nitrogen and oxygen atoms in total. The van der Waals surface area contributed by atoms with Crippen molar-refractivity contribution in [1.82, 2.24) is 4.90 Å². The number of nitrogen functional groups attached to an aromatic ring is 1. The maximum Gasteiger partial charge on any atom is 0.308 e. The van der Waals surface area contributed by atoms with Crippen molar-refractivity contribution in [3.63, 3.8) is 0 Å². The Bertz CT molecular complexity index is 519. The molecule has 1 aromatic carbocycles. The molecule has 1 aromatic rings. The Labute approximate surface area is 119 Å². The van der Waals surface area contributed by atoms with Crippen molar-refractivity contribution in [3.8, 4) is 0 Å². The second-order valence-electron chi connectivity index (χ2n) is 4.66. The fraction of sp³-hybridized carbons (Fsp3) is 0.385. The second-order valence-corrected chi connectivity index (χ2v) is 5.58. The number of likely N-dealkylation sites (tertiary alicyclic amines) is 1. The van der Waals surface area contributed by atoms with Gasteiger partial charge in [-0.2, -0.15) is 0 Å². The number of aliphatic carboxylic acids is 1. The van der Waals surface area contributed by atoms with Gasteiger partial charge in [-0.05, 0) is 31.0 Å². The lowest BCUT2D eigenvalue weighted by atomic mass is 9.97. The van der Waals surface area contributed by atoms with Crippen LogP contribution in [0.1, 0.15) is 23.2 Å². The highest BCUT2D eigenvalue weighted by Crippen LogP contribution is 2.23. The summed E-state index contributed by atoms with van der Waals surface area (Å²) in [6.07, 6.45) is 1.33. The first-order chi connectivity index (χ1) is 8.99. The van der Waals surface area contributed by atoms with Crippen LogP contribution in [0, 0.1) is 5.92 Å². The molecule has 0 saturated carbocycles. The van der Waals surface area contributed by atoms with Crippen LogP contribution in [0.3, 0.4) is 0 Å². The molecular weight excluding hydrogens is 312 g/mol. The molecule has 2 rings (SSSR count). The van der Waals surface area contributed by atoms with Gasteiger partial charge in [0.05, 0.1) is 11.5 Å². The number of benzene rings is 1. The summed E-state index contributed by atoms with van der Waals surface area (Å²) >= 11 is 3.29. The molecule has 0 aromatic heterocycles. The minimum Gasteiger partial charge on any atom is -0.481 e. The van der Waals surface area contributed by atoms with Gasteiger partial charge in [0.15, 0.2) is 0 Å². The SMILES string of the molecule is Nc1cc(Br)ccc1C(=O)N1CCC[C@@H](C(=O)O)C1. The molecule has 1 aliphatic rings. The number of halogens is 1. The molecule has 1 fully saturated rings. The van der Waals surface area contributed by atoms with E-state index in [0.29, 0.717) is 30.6 Å². The molecule has 1 heterocycles. The van der Waals surface area contributed by atoms with E-state index in [2.05, 4.69) is 15.9 Å². The standard InChI is InChI=1S/C13H15BrN2O3/c14-9-3-4-10(11(15)6-9)12(17)16-5-1-2-8(7-16)13(18)19/h3-4,6,8H,1-2,5,7,15H2,(H,18,19)/t8-/m1/s1. The number of carboxylic acids is 1. The van der Waals surface area contributed by atoms with Crippen molar-refractivity contribution in [1.29, 1.82) is 0 Å². The van der Waals surface area contributed by atoms with E-state index >= 15 is 0 Å². The summed E-state index contributed by atoms with van der Waals surface area (Å²) in [7, 11) is 0. The molecule has 0 spiro atoms. The van der Waals surface area contributed by atoms with E-state index in [0.717, 1.165) is 4.47 Å². The largest absolute Gasteiger partial charge is 0.481 e. The van der Waals surface area contributed by atoms with Gasteiger partial charge in [-0.15, -0.1) is 0 Å². The number of nitrogens with two attached hydrogens (primary N) is 1. The van der Waals surface area contributed by atoms with Crippen molar-refractivity contribution in [2.75, 3.05) is 18.8 Å². The van der Waals surface area contributed by atoms with E-state index in [-0.39, 0.29) is 12.5 Å². The number of carbonyl (C=O) groups excluding carboxylic acids is 1. The lowest BCUT2D eigenvalue weighted by Crippen LogP contribution is -2.42. The molecule has 0 unspecified atom stereocenters. The van der Waals surface area contributed by atoms with E-state index in [9.17, 15) is 9.59 Å². The molecule has 1 atom stereocenters. The van der Waals surface area contributed by atoms with E-state index in [1.807, 2.05) is 0 Å². The Morgan fingerprint density at radius 1 is 1.42 bits per heavy atom. The molecule has 0 aliphatic carbocycles. The number of amides is 1. The Morgan fingerprint density at radius 3 is 2.79 bits per heavy atom. The van der Waals surface area contributed by atoms with Crippen molar-refractivity contribution in [3.05, 3.63) is 28.2 Å². The molecule has 1 amide bonds. The average molecular weight is 327 g/mol. The summed E-state index contributed by atoms with van der Waals surface area (Å²) < 4.78 is 0.809. The quantitative estimate of drug-likeness (QED) is 0.814. The monoisotopic (exact) mass is 326 g/mol. The molecule has 1 aliphatic heterocycles. The smallest absolute Gasteiger partial charge is 0.308 e. The molecule has 6 heteroatoms. The fourth-order valence-corrected chi connectivity index (χ4v) is 2.64. The molecule has 0 radical (unpaired) electrons. The highest BCUT2D eigenvalue weighted by molar-refractivity contribution is 9.10. The van der Waals surface area contributed by atoms with Crippen molar-refractivity contribution < 1.29 is 14.7 Å². The van der Waals surface area contributed by atoms with E-state index in [4.69, 9.17) is 10.8 Å². The van der Waals surface area contributed by atoms with E-state index in [1.54, 1.807) is 23.1 Å². The second kappa shape index (κ2) is 5.61. The van der Waals surface area contributed by atoms with Crippen LogP contribution >= 0.6 is 15.9 Å². The number of hydrogen-bond acceptors (Lipinski definition) is 3. The van der Waals surface area contributed by atoms with Gasteiger partial charge in [-0.1, -0.05) is 15.9 Å². The van der Waals surface area contributed by atoms with Crippen LogP contribution in [0.2, 0.25) is 0 Å². The number of carbonyl (C=O) groups is 2. The summed E-state index contributed by atoms with van der Waals surface area (Å²) in [4.78, 5) is 24.9. The first kappa shape index (κ1) is 13.9. The highest BCUT2D eigenvalue weighted by atomic mass is 79.9. The minimum atomic E-state index is -0.846. The third kappa shape index (κ3) is 3.07. The topological polar surface area (TPSA) is 83.6 Å². The van der Waals surface area contributed by atoms with Gasteiger partial charge in [-0.25, -0.2) is 0 Å². The van der Waals surface area contributed by atoms with E-state index < -0.39 is 11.9 Å². The molecular formula is C13H15BrN2O3. The normalized spacial score (nSPS) is 19.2. The van der Waals surface area contributed by atoms with Crippen LogP contribution in [0.5, 0.6) is 0 Å². The third-order valence-electron chi connectivity index (χ3n) is 3.30. The van der Waals surface area contributed by atoms with Gasteiger partial charge in [0.25, 0.3) is 5.91 Å². The number of rotatable bonds is 2. The zero-order chi connectivity index (χ0) is 14.0. The number of hydrogen-bond donors (Lipinski definition) is 2. The van der Waals surface area contributed by atoms with Crippen molar-refractivity contribution in [2.24, 2.45) is 5.92 Å². The maximum absolute atomic E-state index is 12.3. The molecule has 19 heavy (non-hydrogen) atoms. The number of piperidine rings is 1. The third-order valence-corrected chi connectivity index (χ3v) is 3.80. The van der Waals surface area contributed by atoms with Crippen LogP contribution in [0.25, 0.3) is 0 Å². The van der Waals surface area contributed by atoms with Crippen molar-refractivity contribution in [2.45, 2.75) is 12.8 Å².